The molecule has 0 heterocycles. The third-order valence-corrected chi connectivity index (χ3v) is 4.54. The third kappa shape index (κ3) is 7.35. The van der Waals surface area contributed by atoms with Crippen LogP contribution in [-0.2, 0) is 10.2 Å². The SMILES string of the molecule is CC(C)(C)CC(C)(C)c1ccc(OCC(=O)N/N=C\c2ccc(C(=O)O)cc2)cc1. The summed E-state index contributed by atoms with van der Waals surface area (Å²) in [5.41, 5.74) is 4.77. The number of ether oxygens (including phenoxy) is 1. The van der Waals surface area contributed by atoms with Gasteiger partial charge in [0.1, 0.15) is 5.75 Å². The molecule has 2 aromatic rings. The maximum absolute atomic E-state index is 11.9. The average Bonchev–Trinajstić information content (AvgIpc) is 2.65. The van der Waals surface area contributed by atoms with Crippen molar-refractivity contribution in [1.29, 1.82) is 0 Å². The van der Waals surface area contributed by atoms with Crippen LogP contribution in [0.25, 0.3) is 0 Å². The van der Waals surface area contributed by atoms with E-state index in [1.807, 2.05) is 24.3 Å². The van der Waals surface area contributed by atoms with Crippen molar-refractivity contribution in [3.05, 3.63) is 65.2 Å². The zero-order chi connectivity index (χ0) is 22.4. The lowest BCUT2D eigenvalue weighted by molar-refractivity contribution is -0.123. The summed E-state index contributed by atoms with van der Waals surface area (Å²) in [4.78, 5) is 22.7. The van der Waals surface area contributed by atoms with Crippen LogP contribution in [0.2, 0.25) is 0 Å². The largest absolute Gasteiger partial charge is 0.484 e. The molecule has 0 unspecified atom stereocenters. The first-order valence-corrected chi connectivity index (χ1v) is 9.85. The van der Waals surface area contributed by atoms with Gasteiger partial charge in [-0.2, -0.15) is 5.10 Å². The van der Waals surface area contributed by atoms with Gasteiger partial charge < -0.3 is 9.84 Å². The van der Waals surface area contributed by atoms with Crippen molar-refractivity contribution < 1.29 is 19.4 Å². The standard InChI is InChI=1S/C24H30N2O4/c1-23(2,3)16-24(4,5)19-10-12-20(13-11-19)30-15-21(27)26-25-14-17-6-8-18(9-7-17)22(28)29/h6-14H,15-16H2,1-5H3,(H,26,27)(H,28,29)/b25-14-. The molecule has 30 heavy (non-hydrogen) atoms. The van der Waals surface area contributed by atoms with Gasteiger partial charge in [-0.3, -0.25) is 4.79 Å². The fraction of sp³-hybridized carbons (Fsp3) is 0.375. The van der Waals surface area contributed by atoms with E-state index in [1.54, 1.807) is 12.1 Å². The predicted octanol–water partition coefficient (Wildman–Crippen LogP) is 4.63. The van der Waals surface area contributed by atoms with Gasteiger partial charge in [-0.25, -0.2) is 10.2 Å². The number of hydrogen-bond acceptors (Lipinski definition) is 4. The van der Waals surface area contributed by atoms with Crippen molar-refractivity contribution >= 4 is 18.1 Å². The first-order chi connectivity index (χ1) is 14.0. The van der Waals surface area contributed by atoms with Gasteiger partial charge >= 0.3 is 5.97 Å². The van der Waals surface area contributed by atoms with Gasteiger partial charge in [-0.15, -0.1) is 0 Å². The van der Waals surface area contributed by atoms with E-state index in [0.717, 1.165) is 6.42 Å². The minimum Gasteiger partial charge on any atom is -0.484 e. The van der Waals surface area contributed by atoms with E-state index < -0.39 is 5.97 Å². The molecule has 2 rings (SSSR count). The number of carbonyl (C=O) groups is 2. The Morgan fingerprint density at radius 3 is 2.13 bits per heavy atom. The lowest BCUT2D eigenvalue weighted by Crippen LogP contribution is -2.25. The summed E-state index contributed by atoms with van der Waals surface area (Å²) >= 11 is 0. The normalized spacial score (nSPS) is 12.0. The number of aromatic carboxylic acids is 1. The summed E-state index contributed by atoms with van der Waals surface area (Å²) < 4.78 is 5.53. The van der Waals surface area contributed by atoms with Crippen molar-refractivity contribution in [2.24, 2.45) is 10.5 Å². The quantitative estimate of drug-likeness (QED) is 0.491. The highest BCUT2D eigenvalue weighted by Gasteiger charge is 2.27. The van der Waals surface area contributed by atoms with E-state index in [0.29, 0.717) is 11.3 Å². The molecule has 6 heteroatoms. The zero-order valence-corrected chi connectivity index (χ0v) is 18.2. The molecule has 0 fully saturated rings. The fourth-order valence-corrected chi connectivity index (χ4v) is 3.50. The number of benzene rings is 2. The summed E-state index contributed by atoms with van der Waals surface area (Å²) in [7, 11) is 0. The number of nitrogens with one attached hydrogen (secondary N) is 1. The number of hydrazone groups is 1. The molecule has 0 spiro atoms. The summed E-state index contributed by atoms with van der Waals surface area (Å²) in [6.07, 6.45) is 2.50. The van der Waals surface area contributed by atoms with Gasteiger partial charge in [0.2, 0.25) is 0 Å². The number of carboxylic acids is 1. The predicted molar refractivity (Wildman–Crippen MR) is 118 cm³/mol. The first-order valence-electron chi connectivity index (χ1n) is 9.85. The van der Waals surface area contributed by atoms with Gasteiger partial charge in [0.15, 0.2) is 6.61 Å². The van der Waals surface area contributed by atoms with E-state index >= 15 is 0 Å². The molecule has 0 saturated heterocycles. The van der Waals surface area contributed by atoms with Crippen LogP contribution in [0.5, 0.6) is 5.75 Å². The van der Waals surface area contributed by atoms with Gasteiger partial charge in [0.05, 0.1) is 11.8 Å². The molecule has 0 atom stereocenters. The molecule has 0 bridgehead atoms. The lowest BCUT2D eigenvalue weighted by Gasteiger charge is -2.33. The third-order valence-electron chi connectivity index (χ3n) is 4.54. The fourth-order valence-electron chi connectivity index (χ4n) is 3.50. The summed E-state index contributed by atoms with van der Waals surface area (Å²) in [5, 5.41) is 12.7. The number of carboxylic acid groups (broad SMARTS) is 1. The second-order valence-electron chi connectivity index (χ2n) is 9.15. The number of carbonyl (C=O) groups excluding carboxylic acids is 1. The van der Waals surface area contributed by atoms with Crippen LogP contribution < -0.4 is 10.2 Å². The Hall–Kier alpha value is -3.15. The Kier molecular flexibility index (Phi) is 7.38. The number of hydrogen-bond donors (Lipinski definition) is 2. The molecule has 0 aliphatic rings. The highest BCUT2D eigenvalue weighted by molar-refractivity contribution is 5.89. The Morgan fingerprint density at radius 2 is 1.60 bits per heavy atom. The summed E-state index contributed by atoms with van der Waals surface area (Å²) in [6.45, 7) is 11.0. The van der Waals surface area contributed by atoms with E-state index in [1.165, 1.54) is 23.9 Å². The molecule has 2 N–H and O–H groups in total. The highest BCUT2D eigenvalue weighted by atomic mass is 16.5. The molecule has 0 aromatic heterocycles. The Labute approximate surface area is 178 Å². The van der Waals surface area contributed by atoms with Crippen molar-refractivity contribution in [1.82, 2.24) is 5.43 Å². The van der Waals surface area contributed by atoms with E-state index in [2.05, 4.69) is 45.1 Å². The molecule has 1 amide bonds. The number of nitrogens with zero attached hydrogens (tertiary/aromatic N) is 1. The van der Waals surface area contributed by atoms with Crippen LogP contribution >= 0.6 is 0 Å². The molecule has 0 saturated carbocycles. The minimum absolute atomic E-state index is 0.0472. The summed E-state index contributed by atoms with van der Waals surface area (Å²) in [6, 6.07) is 14.0. The Bertz CT molecular complexity index is 892. The molecular weight excluding hydrogens is 380 g/mol. The van der Waals surface area contributed by atoms with E-state index in [-0.39, 0.29) is 28.9 Å². The molecular formula is C24H30N2O4. The van der Waals surface area contributed by atoms with Gasteiger partial charge in [-0.05, 0) is 52.6 Å². The van der Waals surface area contributed by atoms with Crippen molar-refractivity contribution in [3.8, 4) is 5.75 Å². The van der Waals surface area contributed by atoms with Crippen LogP contribution in [0.1, 0.15) is 62.5 Å². The van der Waals surface area contributed by atoms with Crippen LogP contribution in [0.15, 0.2) is 53.6 Å². The van der Waals surface area contributed by atoms with Crippen molar-refractivity contribution in [2.45, 2.75) is 46.5 Å². The van der Waals surface area contributed by atoms with E-state index in [9.17, 15) is 9.59 Å². The molecule has 160 valence electrons. The monoisotopic (exact) mass is 410 g/mol. The molecule has 6 nitrogen and oxygen atoms in total. The lowest BCUT2D eigenvalue weighted by atomic mass is 9.72. The molecule has 0 aliphatic carbocycles. The topological polar surface area (TPSA) is 88.0 Å². The first kappa shape index (κ1) is 23.1. The highest BCUT2D eigenvalue weighted by Crippen LogP contribution is 2.36. The van der Waals surface area contributed by atoms with E-state index in [4.69, 9.17) is 9.84 Å². The van der Waals surface area contributed by atoms with Crippen LogP contribution in [-0.4, -0.2) is 29.8 Å². The molecule has 2 aromatic carbocycles. The molecule has 0 aliphatic heterocycles. The minimum atomic E-state index is -0.991. The maximum Gasteiger partial charge on any atom is 0.335 e. The van der Waals surface area contributed by atoms with Crippen LogP contribution in [0.4, 0.5) is 0 Å². The van der Waals surface area contributed by atoms with Crippen molar-refractivity contribution in [2.75, 3.05) is 6.61 Å². The average molecular weight is 411 g/mol. The van der Waals surface area contributed by atoms with Gasteiger partial charge in [-0.1, -0.05) is 58.9 Å². The van der Waals surface area contributed by atoms with Gasteiger partial charge in [0, 0.05) is 0 Å². The summed E-state index contributed by atoms with van der Waals surface area (Å²) in [5.74, 6) is -0.756. The van der Waals surface area contributed by atoms with Crippen LogP contribution in [0.3, 0.4) is 0 Å². The van der Waals surface area contributed by atoms with Crippen molar-refractivity contribution in [3.63, 3.8) is 0 Å². The second kappa shape index (κ2) is 9.57. The maximum atomic E-state index is 11.9. The Balaban J connectivity index is 1.83. The van der Waals surface area contributed by atoms with Crippen LogP contribution in [0, 0.1) is 5.41 Å². The Morgan fingerprint density at radius 1 is 1.00 bits per heavy atom. The zero-order valence-electron chi connectivity index (χ0n) is 18.2. The number of amides is 1. The van der Waals surface area contributed by atoms with Gasteiger partial charge in [0.25, 0.3) is 5.91 Å². The number of rotatable bonds is 8. The molecule has 0 radical (unpaired) electrons. The second-order valence-corrected chi connectivity index (χ2v) is 9.15. The smallest absolute Gasteiger partial charge is 0.335 e.